The Kier molecular flexibility index (Phi) is 13.6. The molecule has 2 fully saturated rings. The van der Waals surface area contributed by atoms with E-state index in [9.17, 15) is 31.9 Å². The number of nitrogens with zero attached hydrogens (tertiary/aromatic N) is 2. The van der Waals surface area contributed by atoms with Gasteiger partial charge in [-0.2, -0.15) is 0 Å². The molecule has 8 nitrogen and oxygen atoms in total. The number of halogens is 2. The molecule has 5 rings (SSSR count). The number of methoxy groups -OCH3 is 1. The summed E-state index contributed by atoms with van der Waals surface area (Å²) in [6, 6.07) is 18.3. The van der Waals surface area contributed by atoms with E-state index in [1.54, 1.807) is 37.1 Å². The molecule has 0 radical (unpaired) electrons. The number of Topliss-reactive ketones (excluding diaryl/α,β-unsaturated/α-hetero) is 1. The maximum Gasteiger partial charge on any atom is 0.254 e. The van der Waals surface area contributed by atoms with E-state index >= 15 is 0 Å². The molecule has 3 aromatic carbocycles. The van der Waals surface area contributed by atoms with E-state index in [2.05, 4.69) is 19.1 Å². The Balaban J connectivity index is 0.000000686. The lowest BCUT2D eigenvalue weighted by Crippen LogP contribution is -2.45. The molecular formula is C38H48F2N2O6S. The van der Waals surface area contributed by atoms with Crippen LogP contribution in [0.25, 0.3) is 0 Å². The molecule has 3 aromatic rings. The van der Waals surface area contributed by atoms with Crippen LogP contribution in [0.5, 0.6) is 0 Å². The fraction of sp³-hybridized carbons (Fsp3) is 0.474. The van der Waals surface area contributed by atoms with Crippen LogP contribution in [0.2, 0.25) is 0 Å². The van der Waals surface area contributed by atoms with Crippen LogP contribution in [0, 0.1) is 37.3 Å². The number of benzene rings is 3. The number of aryl methyl sites for hydroxylation is 2. The van der Waals surface area contributed by atoms with E-state index in [4.69, 9.17) is 4.74 Å². The summed E-state index contributed by atoms with van der Waals surface area (Å²) in [6.45, 7) is 5.37. The highest BCUT2D eigenvalue weighted by molar-refractivity contribution is 7.88. The van der Waals surface area contributed by atoms with Crippen LogP contribution < -0.4 is 0 Å². The lowest BCUT2D eigenvalue weighted by molar-refractivity contribution is 0.0232. The van der Waals surface area contributed by atoms with Gasteiger partial charge in [-0.25, -0.2) is 21.5 Å². The molecule has 4 atom stereocenters. The van der Waals surface area contributed by atoms with Gasteiger partial charge in [0.15, 0.2) is 5.78 Å². The lowest BCUT2D eigenvalue weighted by atomic mass is 9.79. The highest BCUT2D eigenvalue weighted by Gasteiger charge is 2.36. The fourth-order valence-electron chi connectivity index (χ4n) is 6.88. The number of ketones is 1. The summed E-state index contributed by atoms with van der Waals surface area (Å²) in [5, 5.41) is 11.5. The van der Waals surface area contributed by atoms with E-state index < -0.39 is 39.6 Å². The number of hydrogen-bond donors (Lipinski definition) is 1. The summed E-state index contributed by atoms with van der Waals surface area (Å²) in [5.41, 5.74) is 3.04. The minimum atomic E-state index is -3.47. The third-order valence-electron chi connectivity index (χ3n) is 9.31. The molecule has 2 aliphatic heterocycles. The topological polar surface area (TPSA) is 104 Å². The second-order valence-electron chi connectivity index (χ2n) is 13.4. The first-order valence-electron chi connectivity index (χ1n) is 16.8. The van der Waals surface area contributed by atoms with Gasteiger partial charge in [-0.1, -0.05) is 35.9 Å². The molecule has 0 aromatic heterocycles. The van der Waals surface area contributed by atoms with Crippen molar-refractivity contribution in [3.05, 3.63) is 106 Å². The van der Waals surface area contributed by atoms with Crippen LogP contribution in [0.1, 0.15) is 69.5 Å². The minimum absolute atomic E-state index is 0.0149. The largest absolute Gasteiger partial charge is 0.392 e. The van der Waals surface area contributed by atoms with Gasteiger partial charge in [0.05, 0.1) is 25.0 Å². The second kappa shape index (κ2) is 17.4. The molecule has 0 unspecified atom stereocenters. The van der Waals surface area contributed by atoms with Crippen molar-refractivity contribution in [2.24, 2.45) is 11.8 Å². The van der Waals surface area contributed by atoms with Crippen molar-refractivity contribution in [1.29, 1.82) is 0 Å². The summed E-state index contributed by atoms with van der Waals surface area (Å²) in [5.74, 6) is -3.22. The quantitative estimate of drug-likeness (QED) is 0.247. The van der Waals surface area contributed by atoms with Gasteiger partial charge < -0.3 is 14.7 Å². The molecule has 1 amide bonds. The third-order valence-corrected chi connectivity index (χ3v) is 10.6. The highest BCUT2D eigenvalue weighted by atomic mass is 32.2. The number of sulfonamides is 1. The Labute approximate surface area is 289 Å². The Bertz CT molecular complexity index is 1670. The van der Waals surface area contributed by atoms with E-state index in [-0.39, 0.29) is 37.1 Å². The maximum absolute atomic E-state index is 14.0. The lowest BCUT2D eigenvalue weighted by Gasteiger charge is -2.36. The molecule has 2 aliphatic rings. The third kappa shape index (κ3) is 11.0. The van der Waals surface area contributed by atoms with Gasteiger partial charge in [0.1, 0.15) is 11.6 Å². The van der Waals surface area contributed by atoms with Crippen LogP contribution in [0.4, 0.5) is 8.78 Å². The van der Waals surface area contributed by atoms with Crippen molar-refractivity contribution >= 4 is 21.7 Å². The van der Waals surface area contributed by atoms with Crippen LogP contribution in [0.15, 0.2) is 66.7 Å². The SMILES string of the molecule is COC[C@H]1CCCN1C(=O)c1cc(C)cc(C(=O)C[C@@H](Cc2cc(F)cc(F)c2)[C@H](O)[C@@H]2CCCN(S(C)(=O)=O)C2)c1.Cc1ccccc1. The van der Waals surface area contributed by atoms with Crippen molar-refractivity contribution in [3.63, 3.8) is 0 Å². The zero-order chi connectivity index (χ0) is 35.7. The molecular weight excluding hydrogens is 650 g/mol. The average molecular weight is 699 g/mol. The van der Waals surface area contributed by atoms with Crippen molar-refractivity contribution in [3.8, 4) is 0 Å². The zero-order valence-electron chi connectivity index (χ0n) is 28.8. The summed E-state index contributed by atoms with van der Waals surface area (Å²) in [4.78, 5) is 28.9. The van der Waals surface area contributed by atoms with Crippen molar-refractivity contribution < 1.29 is 36.6 Å². The number of carbonyl (C=O) groups excluding carboxylic acids is 2. The number of hydrogen-bond acceptors (Lipinski definition) is 6. The number of piperidine rings is 1. The monoisotopic (exact) mass is 698 g/mol. The highest BCUT2D eigenvalue weighted by Crippen LogP contribution is 2.31. The summed E-state index contributed by atoms with van der Waals surface area (Å²) < 4.78 is 59.0. The molecule has 2 saturated heterocycles. The van der Waals surface area contributed by atoms with Gasteiger partial charge >= 0.3 is 0 Å². The Hall–Kier alpha value is -3.51. The van der Waals surface area contributed by atoms with Gasteiger partial charge in [0, 0.05) is 50.4 Å². The first-order valence-corrected chi connectivity index (χ1v) is 18.6. The molecule has 0 spiro atoms. The summed E-state index contributed by atoms with van der Waals surface area (Å²) in [7, 11) is -1.88. The van der Waals surface area contributed by atoms with Crippen molar-refractivity contribution in [2.45, 2.75) is 64.5 Å². The predicted molar refractivity (Wildman–Crippen MR) is 186 cm³/mol. The first kappa shape index (κ1) is 38.3. The summed E-state index contributed by atoms with van der Waals surface area (Å²) in [6.07, 6.45) is 2.70. The average Bonchev–Trinajstić information content (AvgIpc) is 3.51. The Morgan fingerprint density at radius 3 is 2.18 bits per heavy atom. The van der Waals surface area contributed by atoms with Crippen LogP contribution >= 0.6 is 0 Å². The molecule has 11 heteroatoms. The molecule has 2 heterocycles. The Morgan fingerprint density at radius 2 is 1.57 bits per heavy atom. The maximum atomic E-state index is 14.0. The van der Waals surface area contributed by atoms with Gasteiger partial charge in [-0.05, 0) is 99.2 Å². The van der Waals surface area contributed by atoms with E-state index in [0.717, 1.165) is 30.7 Å². The number of aliphatic hydroxyl groups is 1. The van der Waals surface area contributed by atoms with Gasteiger partial charge in [-0.15, -0.1) is 0 Å². The summed E-state index contributed by atoms with van der Waals surface area (Å²) >= 11 is 0. The van der Waals surface area contributed by atoms with Gasteiger partial charge in [0.2, 0.25) is 10.0 Å². The van der Waals surface area contributed by atoms with Gasteiger partial charge in [-0.3, -0.25) is 9.59 Å². The number of aliphatic hydroxyl groups excluding tert-OH is 1. The number of likely N-dealkylation sites (tertiary alicyclic amines) is 1. The van der Waals surface area contributed by atoms with E-state index in [0.29, 0.717) is 49.2 Å². The smallest absolute Gasteiger partial charge is 0.254 e. The van der Waals surface area contributed by atoms with Crippen LogP contribution in [-0.4, -0.2) is 86.2 Å². The number of carbonyl (C=O) groups is 2. The number of amides is 1. The van der Waals surface area contributed by atoms with E-state index in [1.165, 1.54) is 22.0 Å². The van der Waals surface area contributed by atoms with Crippen molar-refractivity contribution in [1.82, 2.24) is 9.21 Å². The second-order valence-corrected chi connectivity index (χ2v) is 15.4. The standard InChI is InChI=1S/C31H40F2N2O6S.C7H8/c1-20-10-23(15-25(11-20)31(38)35-9-5-7-28(35)19-41-2)29(36)16-24(12-21-13-26(32)17-27(33)14-21)30(37)22-6-4-8-34(18-22)42(3,39)40;1-7-5-3-2-4-6-7/h10-11,13-15,17,22,24,28,30,37H,4-9,12,16,18-19H2,1-3H3;2-6H,1H3/t22-,24-,28-,30-;/m1./s1. The van der Waals surface area contributed by atoms with Crippen LogP contribution in [0.3, 0.4) is 0 Å². The molecule has 0 saturated carbocycles. The molecule has 1 N–H and O–H groups in total. The zero-order valence-corrected chi connectivity index (χ0v) is 29.6. The number of rotatable bonds is 11. The van der Waals surface area contributed by atoms with Gasteiger partial charge in [0.25, 0.3) is 5.91 Å². The normalized spacial score (nSPS) is 19.5. The molecule has 49 heavy (non-hydrogen) atoms. The van der Waals surface area contributed by atoms with Crippen LogP contribution in [-0.2, 0) is 21.2 Å². The van der Waals surface area contributed by atoms with E-state index in [1.807, 2.05) is 18.2 Å². The molecule has 266 valence electrons. The predicted octanol–water partition coefficient (Wildman–Crippen LogP) is 5.98. The van der Waals surface area contributed by atoms with Crippen molar-refractivity contribution in [2.75, 3.05) is 39.6 Å². The molecule has 0 bridgehead atoms. The minimum Gasteiger partial charge on any atom is -0.392 e. The first-order chi connectivity index (χ1) is 23.2. The fourth-order valence-corrected chi connectivity index (χ4v) is 7.80. The Morgan fingerprint density at radius 1 is 0.918 bits per heavy atom. The molecule has 0 aliphatic carbocycles. The number of ether oxygens (including phenoxy) is 1.